The smallest absolute Gasteiger partial charge is 0.132 e. The average Bonchev–Trinajstić information content (AvgIpc) is 2.37. The van der Waals surface area contributed by atoms with Crippen molar-refractivity contribution in [2.75, 3.05) is 5.73 Å². The minimum Gasteiger partial charge on any atom is -0.383 e. The lowest BCUT2D eigenvalue weighted by Crippen LogP contribution is -2.04. The lowest BCUT2D eigenvalue weighted by molar-refractivity contribution is 0.805. The zero-order chi connectivity index (χ0) is 13.0. The van der Waals surface area contributed by atoms with Crippen molar-refractivity contribution in [3.63, 3.8) is 0 Å². The van der Waals surface area contributed by atoms with Crippen LogP contribution < -0.4 is 5.73 Å². The lowest BCUT2D eigenvalue weighted by Gasteiger charge is -2.08. The topological polar surface area (TPSA) is 64.7 Å². The Morgan fingerprint density at radius 2 is 2.11 bits per heavy atom. The number of nitrogens with zero attached hydrogens (tertiary/aromatic N) is 3. The Balaban J connectivity index is 2.31. The predicted octanol–water partition coefficient (Wildman–Crippen LogP) is 2.87. The summed E-state index contributed by atoms with van der Waals surface area (Å²) in [5.74, 6) is 1.37. The van der Waals surface area contributed by atoms with Gasteiger partial charge in [-0.15, -0.1) is 0 Å². The molecule has 4 nitrogen and oxygen atoms in total. The summed E-state index contributed by atoms with van der Waals surface area (Å²) in [4.78, 5) is 13.1. The number of nitrogen functional groups attached to an aromatic ring is 1. The third-order valence-corrected chi connectivity index (χ3v) is 3.54. The van der Waals surface area contributed by atoms with Gasteiger partial charge in [-0.2, -0.15) is 0 Å². The van der Waals surface area contributed by atoms with E-state index in [9.17, 15) is 0 Å². The van der Waals surface area contributed by atoms with Gasteiger partial charge in [0.2, 0.25) is 0 Å². The minimum atomic E-state index is 0.562. The molecule has 5 heteroatoms. The number of hydrogen-bond donors (Lipinski definition) is 1. The first kappa shape index (κ1) is 12.8. The summed E-state index contributed by atoms with van der Waals surface area (Å²) in [6.45, 7) is 4.04. The van der Waals surface area contributed by atoms with Crippen LogP contribution in [0.1, 0.15) is 24.7 Å². The Hall–Kier alpha value is -1.62. The molecule has 0 bridgehead atoms. The van der Waals surface area contributed by atoms with Crippen molar-refractivity contribution in [1.29, 1.82) is 0 Å². The van der Waals surface area contributed by atoms with Gasteiger partial charge in [0.1, 0.15) is 21.7 Å². The molecule has 94 valence electrons. The van der Waals surface area contributed by atoms with Gasteiger partial charge in [0.25, 0.3) is 0 Å². The van der Waals surface area contributed by atoms with Crippen LogP contribution in [0.4, 0.5) is 5.82 Å². The molecule has 0 aliphatic rings. The number of aromatic nitrogens is 3. The minimum absolute atomic E-state index is 0.562. The second-order valence-corrected chi connectivity index (χ2v) is 4.98. The normalized spacial score (nSPS) is 10.6. The average molecular weight is 260 g/mol. The first-order chi connectivity index (χ1) is 8.70. The van der Waals surface area contributed by atoms with Gasteiger partial charge >= 0.3 is 0 Å². The van der Waals surface area contributed by atoms with Crippen molar-refractivity contribution in [1.82, 2.24) is 15.0 Å². The van der Waals surface area contributed by atoms with Gasteiger partial charge < -0.3 is 5.73 Å². The van der Waals surface area contributed by atoms with E-state index < -0.39 is 0 Å². The van der Waals surface area contributed by atoms with E-state index in [1.807, 2.05) is 25.1 Å². The largest absolute Gasteiger partial charge is 0.383 e. The van der Waals surface area contributed by atoms with Crippen LogP contribution in [0.5, 0.6) is 0 Å². The van der Waals surface area contributed by atoms with E-state index in [-0.39, 0.29) is 0 Å². The maximum atomic E-state index is 5.92. The molecule has 0 fully saturated rings. The molecule has 0 unspecified atom stereocenters. The number of aryl methyl sites for hydroxylation is 1. The fraction of sp³-hybridized carbons (Fsp3) is 0.308. The van der Waals surface area contributed by atoms with Gasteiger partial charge in [-0.1, -0.05) is 13.0 Å². The van der Waals surface area contributed by atoms with Gasteiger partial charge in [0.05, 0.1) is 0 Å². The van der Waals surface area contributed by atoms with E-state index in [4.69, 9.17) is 5.73 Å². The summed E-state index contributed by atoms with van der Waals surface area (Å²) in [6.07, 6.45) is 3.63. The summed E-state index contributed by atoms with van der Waals surface area (Å²) < 4.78 is 0. The van der Waals surface area contributed by atoms with E-state index in [1.165, 1.54) is 11.8 Å². The molecule has 2 rings (SSSR count). The molecule has 0 aliphatic carbocycles. The maximum Gasteiger partial charge on any atom is 0.132 e. The lowest BCUT2D eigenvalue weighted by atomic mass is 10.3. The number of hydrogen-bond acceptors (Lipinski definition) is 5. The predicted molar refractivity (Wildman–Crippen MR) is 73.5 cm³/mol. The van der Waals surface area contributed by atoms with Crippen molar-refractivity contribution < 1.29 is 0 Å². The second-order valence-electron chi connectivity index (χ2n) is 3.98. The van der Waals surface area contributed by atoms with Gasteiger partial charge in [-0.25, -0.2) is 15.0 Å². The van der Waals surface area contributed by atoms with Gasteiger partial charge in [0, 0.05) is 18.2 Å². The zero-order valence-electron chi connectivity index (χ0n) is 10.6. The van der Waals surface area contributed by atoms with Crippen molar-refractivity contribution in [3.8, 4) is 0 Å². The van der Waals surface area contributed by atoms with E-state index in [0.717, 1.165) is 34.3 Å². The van der Waals surface area contributed by atoms with Gasteiger partial charge in [-0.05, 0) is 37.2 Å². The molecular weight excluding hydrogens is 244 g/mol. The van der Waals surface area contributed by atoms with Gasteiger partial charge in [0.15, 0.2) is 0 Å². The number of rotatable bonds is 4. The second kappa shape index (κ2) is 5.82. The summed E-state index contributed by atoms with van der Waals surface area (Å²) in [5.41, 5.74) is 6.84. The Labute approximate surface area is 111 Å². The highest BCUT2D eigenvalue weighted by Gasteiger charge is 2.10. The molecule has 0 atom stereocenters. The van der Waals surface area contributed by atoms with Crippen LogP contribution in [-0.4, -0.2) is 15.0 Å². The monoisotopic (exact) mass is 260 g/mol. The van der Waals surface area contributed by atoms with Crippen LogP contribution in [0.2, 0.25) is 0 Å². The molecule has 0 aliphatic heterocycles. The maximum absolute atomic E-state index is 5.92. The number of nitrogens with two attached hydrogens (primary N) is 1. The number of pyridine rings is 1. The third-order valence-electron chi connectivity index (χ3n) is 2.50. The van der Waals surface area contributed by atoms with E-state index in [1.54, 1.807) is 6.20 Å². The highest BCUT2D eigenvalue weighted by atomic mass is 32.2. The van der Waals surface area contributed by atoms with E-state index >= 15 is 0 Å². The Morgan fingerprint density at radius 3 is 2.78 bits per heavy atom. The molecule has 2 N–H and O–H groups in total. The zero-order valence-corrected chi connectivity index (χ0v) is 11.4. The van der Waals surface area contributed by atoms with Crippen molar-refractivity contribution in [2.24, 2.45) is 0 Å². The summed E-state index contributed by atoms with van der Waals surface area (Å²) in [5, 5.41) is 1.81. The summed E-state index contributed by atoms with van der Waals surface area (Å²) >= 11 is 1.53. The molecule has 2 aromatic rings. The fourth-order valence-corrected chi connectivity index (χ4v) is 2.37. The van der Waals surface area contributed by atoms with Crippen molar-refractivity contribution in [3.05, 3.63) is 35.8 Å². The fourth-order valence-electron chi connectivity index (χ4n) is 1.50. The summed E-state index contributed by atoms with van der Waals surface area (Å²) in [7, 11) is 0. The molecule has 2 heterocycles. The Bertz CT molecular complexity index is 528. The molecule has 18 heavy (non-hydrogen) atoms. The van der Waals surface area contributed by atoms with Crippen molar-refractivity contribution >= 4 is 17.6 Å². The van der Waals surface area contributed by atoms with Crippen LogP contribution in [-0.2, 0) is 6.42 Å². The third kappa shape index (κ3) is 2.98. The van der Waals surface area contributed by atoms with E-state index in [2.05, 4.69) is 21.9 Å². The molecule has 2 aromatic heterocycles. The quantitative estimate of drug-likeness (QED) is 0.856. The van der Waals surface area contributed by atoms with Gasteiger partial charge in [-0.3, -0.25) is 0 Å². The van der Waals surface area contributed by atoms with Crippen LogP contribution in [0, 0.1) is 6.92 Å². The van der Waals surface area contributed by atoms with Crippen molar-refractivity contribution in [2.45, 2.75) is 36.7 Å². The molecule has 0 saturated heterocycles. The highest BCUT2D eigenvalue weighted by Crippen LogP contribution is 2.28. The Morgan fingerprint density at radius 1 is 1.28 bits per heavy atom. The van der Waals surface area contributed by atoms with Crippen LogP contribution in [0.15, 0.2) is 34.4 Å². The molecule has 0 radical (unpaired) electrons. The first-order valence-corrected chi connectivity index (χ1v) is 6.74. The molecular formula is C13H16N4S. The number of anilines is 1. The SMILES string of the molecule is CCCc1nc(N)c(C)c(Sc2ccccn2)n1. The Kier molecular flexibility index (Phi) is 4.15. The standard InChI is InChI=1S/C13H16N4S/c1-3-6-10-16-12(14)9(2)13(17-10)18-11-7-4-5-8-15-11/h4-5,7-8H,3,6H2,1-2H3,(H2,14,16,17). The molecule has 0 spiro atoms. The molecule has 0 amide bonds. The highest BCUT2D eigenvalue weighted by molar-refractivity contribution is 7.99. The van der Waals surface area contributed by atoms with Crippen LogP contribution in [0.3, 0.4) is 0 Å². The summed E-state index contributed by atoms with van der Waals surface area (Å²) in [6, 6.07) is 5.82. The van der Waals surface area contributed by atoms with Crippen LogP contribution in [0.25, 0.3) is 0 Å². The first-order valence-electron chi connectivity index (χ1n) is 5.92. The van der Waals surface area contributed by atoms with Crippen LogP contribution >= 0.6 is 11.8 Å². The molecule has 0 saturated carbocycles. The molecule has 0 aromatic carbocycles. The van der Waals surface area contributed by atoms with E-state index in [0.29, 0.717) is 5.82 Å².